The minimum absolute atomic E-state index is 0.129. The number of amides is 3. The van der Waals surface area contributed by atoms with E-state index in [1.165, 1.54) is 14.0 Å². The average Bonchev–Trinajstić information content (AvgIpc) is 2.52. The Morgan fingerprint density at radius 2 is 1.86 bits per heavy atom. The van der Waals surface area contributed by atoms with E-state index in [-0.39, 0.29) is 6.42 Å². The first-order valence-electron chi connectivity index (χ1n) is 6.93. The average molecular weight is 308 g/mol. The molecule has 120 valence electrons. The monoisotopic (exact) mass is 308 g/mol. The van der Waals surface area contributed by atoms with Crippen LogP contribution >= 0.6 is 0 Å². The van der Waals surface area contributed by atoms with Crippen molar-refractivity contribution in [3.8, 4) is 5.75 Å². The predicted molar refractivity (Wildman–Crippen MR) is 79.3 cm³/mol. The Hall–Kier alpha value is -2.57. The quantitative estimate of drug-likeness (QED) is 0.584. The van der Waals surface area contributed by atoms with E-state index in [2.05, 4.69) is 5.32 Å². The van der Waals surface area contributed by atoms with Crippen molar-refractivity contribution >= 4 is 17.9 Å². The van der Waals surface area contributed by atoms with Crippen LogP contribution in [-0.2, 0) is 14.3 Å². The van der Waals surface area contributed by atoms with Gasteiger partial charge in [-0.25, -0.2) is 4.79 Å². The largest absolute Gasteiger partial charge is 0.494 e. The van der Waals surface area contributed by atoms with Crippen LogP contribution in [-0.4, -0.2) is 37.7 Å². The van der Waals surface area contributed by atoms with Crippen molar-refractivity contribution in [2.75, 3.05) is 13.7 Å². The molecule has 2 N–H and O–H groups in total. The molecule has 0 bridgehead atoms. The highest BCUT2D eigenvalue weighted by Gasteiger charge is 2.19. The summed E-state index contributed by atoms with van der Waals surface area (Å²) in [5, 5.41) is 4.27. The van der Waals surface area contributed by atoms with Crippen LogP contribution in [0.5, 0.6) is 5.75 Å². The standard InChI is InChI=1S/C15H20N2O5/c1-11(14(19)17-15(20)16-2)22-13(18)9-6-10-21-12-7-4-3-5-8-12/h3-5,7-8,11H,6,9-10H2,1-2H3,(H2,16,17,19,20)/t11-/m1/s1. The molecule has 7 nitrogen and oxygen atoms in total. The zero-order valence-corrected chi connectivity index (χ0v) is 12.6. The Bertz CT molecular complexity index is 504. The van der Waals surface area contributed by atoms with Gasteiger partial charge in [0, 0.05) is 13.5 Å². The third-order valence-electron chi connectivity index (χ3n) is 2.68. The number of urea groups is 1. The zero-order valence-electron chi connectivity index (χ0n) is 12.6. The number of carbonyl (C=O) groups is 3. The van der Waals surface area contributed by atoms with Crippen LogP contribution in [0.25, 0.3) is 0 Å². The molecule has 0 fully saturated rings. The van der Waals surface area contributed by atoms with Crippen molar-refractivity contribution < 1.29 is 23.9 Å². The lowest BCUT2D eigenvalue weighted by atomic mass is 10.3. The van der Waals surface area contributed by atoms with E-state index in [0.717, 1.165) is 5.75 Å². The number of rotatable bonds is 7. The molecule has 0 aromatic heterocycles. The molecular weight excluding hydrogens is 288 g/mol. The van der Waals surface area contributed by atoms with Gasteiger partial charge < -0.3 is 14.8 Å². The van der Waals surface area contributed by atoms with Crippen molar-refractivity contribution in [3.63, 3.8) is 0 Å². The molecule has 0 heterocycles. The first kappa shape index (κ1) is 17.5. The molecular formula is C15H20N2O5. The summed E-state index contributed by atoms with van der Waals surface area (Å²) in [6.07, 6.45) is -0.429. The zero-order chi connectivity index (χ0) is 16.4. The van der Waals surface area contributed by atoms with E-state index in [1.54, 1.807) is 0 Å². The van der Waals surface area contributed by atoms with Crippen LogP contribution in [0, 0.1) is 0 Å². The molecule has 0 saturated carbocycles. The van der Waals surface area contributed by atoms with E-state index in [0.29, 0.717) is 13.0 Å². The third-order valence-corrected chi connectivity index (χ3v) is 2.68. The molecule has 0 aliphatic rings. The third kappa shape index (κ3) is 6.74. The van der Waals surface area contributed by atoms with Gasteiger partial charge in [0.2, 0.25) is 0 Å². The minimum atomic E-state index is -1.03. The maximum Gasteiger partial charge on any atom is 0.321 e. The van der Waals surface area contributed by atoms with Gasteiger partial charge in [0.15, 0.2) is 6.10 Å². The van der Waals surface area contributed by atoms with E-state index in [4.69, 9.17) is 9.47 Å². The van der Waals surface area contributed by atoms with Gasteiger partial charge in [-0.05, 0) is 25.5 Å². The number of nitrogens with one attached hydrogen (secondary N) is 2. The van der Waals surface area contributed by atoms with E-state index < -0.39 is 24.0 Å². The number of imide groups is 1. The summed E-state index contributed by atoms with van der Waals surface area (Å²) in [5.41, 5.74) is 0. The van der Waals surface area contributed by atoms with Crippen LogP contribution in [0.3, 0.4) is 0 Å². The van der Waals surface area contributed by atoms with Crippen molar-refractivity contribution in [1.29, 1.82) is 0 Å². The Morgan fingerprint density at radius 3 is 2.50 bits per heavy atom. The van der Waals surface area contributed by atoms with Gasteiger partial charge in [-0.15, -0.1) is 0 Å². The lowest BCUT2D eigenvalue weighted by Crippen LogP contribution is -2.43. The number of esters is 1. The maximum absolute atomic E-state index is 11.6. The molecule has 0 aliphatic carbocycles. The van der Waals surface area contributed by atoms with Crippen molar-refractivity contribution in [1.82, 2.24) is 10.6 Å². The number of benzene rings is 1. The molecule has 3 amide bonds. The molecule has 0 saturated heterocycles. The Balaban J connectivity index is 2.20. The molecule has 0 aliphatic heterocycles. The van der Waals surface area contributed by atoms with Gasteiger partial charge in [-0.2, -0.15) is 0 Å². The Labute approximate surface area is 129 Å². The van der Waals surface area contributed by atoms with Crippen LogP contribution in [0.15, 0.2) is 30.3 Å². The summed E-state index contributed by atoms with van der Waals surface area (Å²) >= 11 is 0. The normalized spacial score (nSPS) is 11.2. The Kier molecular flexibility index (Phi) is 7.45. The molecule has 1 atom stereocenters. The summed E-state index contributed by atoms with van der Waals surface area (Å²) < 4.78 is 10.4. The van der Waals surface area contributed by atoms with Gasteiger partial charge in [0.05, 0.1) is 6.61 Å². The Morgan fingerprint density at radius 1 is 1.18 bits per heavy atom. The van der Waals surface area contributed by atoms with Gasteiger partial charge >= 0.3 is 12.0 Å². The van der Waals surface area contributed by atoms with Crippen molar-refractivity contribution in [3.05, 3.63) is 30.3 Å². The number of carbonyl (C=O) groups excluding carboxylic acids is 3. The molecule has 1 rings (SSSR count). The van der Waals surface area contributed by atoms with Crippen LogP contribution in [0.1, 0.15) is 19.8 Å². The highest BCUT2D eigenvalue weighted by molar-refractivity contribution is 5.96. The maximum atomic E-state index is 11.6. The van der Waals surface area contributed by atoms with E-state index >= 15 is 0 Å². The second kappa shape index (κ2) is 9.38. The lowest BCUT2D eigenvalue weighted by molar-refractivity contribution is -0.154. The predicted octanol–water partition coefficient (Wildman–Crippen LogP) is 1.23. The van der Waals surface area contributed by atoms with Crippen molar-refractivity contribution in [2.45, 2.75) is 25.9 Å². The molecule has 1 aromatic rings. The highest BCUT2D eigenvalue weighted by atomic mass is 16.5. The first-order chi connectivity index (χ1) is 10.5. The smallest absolute Gasteiger partial charge is 0.321 e. The highest BCUT2D eigenvalue weighted by Crippen LogP contribution is 2.09. The molecule has 22 heavy (non-hydrogen) atoms. The summed E-state index contributed by atoms with van der Waals surface area (Å²) in [4.78, 5) is 34.0. The number of ether oxygens (including phenoxy) is 2. The minimum Gasteiger partial charge on any atom is -0.494 e. The van der Waals surface area contributed by atoms with Crippen LogP contribution in [0.4, 0.5) is 4.79 Å². The molecule has 0 spiro atoms. The molecule has 0 radical (unpaired) electrons. The van der Waals surface area contributed by atoms with E-state index in [9.17, 15) is 14.4 Å². The van der Waals surface area contributed by atoms with E-state index in [1.807, 2.05) is 35.6 Å². The molecule has 1 aromatic carbocycles. The second-order valence-electron chi connectivity index (χ2n) is 4.47. The summed E-state index contributed by atoms with van der Waals surface area (Å²) in [6.45, 7) is 1.77. The van der Waals surface area contributed by atoms with Gasteiger partial charge in [0.1, 0.15) is 5.75 Å². The van der Waals surface area contributed by atoms with Crippen LogP contribution < -0.4 is 15.4 Å². The number of hydrogen-bond donors (Lipinski definition) is 2. The summed E-state index contributed by atoms with van der Waals surface area (Å²) in [5.74, 6) is -0.460. The van der Waals surface area contributed by atoms with Gasteiger partial charge in [-0.3, -0.25) is 14.9 Å². The molecule has 7 heteroatoms. The summed E-state index contributed by atoms with van der Waals surface area (Å²) in [6, 6.07) is 8.60. The SMILES string of the molecule is CNC(=O)NC(=O)[C@@H](C)OC(=O)CCCOc1ccccc1. The van der Waals surface area contributed by atoms with Gasteiger partial charge in [-0.1, -0.05) is 18.2 Å². The van der Waals surface area contributed by atoms with Crippen LogP contribution in [0.2, 0.25) is 0 Å². The lowest BCUT2D eigenvalue weighted by Gasteiger charge is -2.12. The number of para-hydroxylation sites is 1. The topological polar surface area (TPSA) is 93.7 Å². The number of hydrogen-bond acceptors (Lipinski definition) is 5. The summed E-state index contributed by atoms with van der Waals surface area (Å²) in [7, 11) is 1.38. The fraction of sp³-hybridized carbons (Fsp3) is 0.400. The van der Waals surface area contributed by atoms with Crippen molar-refractivity contribution in [2.24, 2.45) is 0 Å². The fourth-order valence-corrected chi connectivity index (χ4v) is 1.51. The second-order valence-corrected chi connectivity index (χ2v) is 4.47. The molecule has 0 unspecified atom stereocenters. The van der Waals surface area contributed by atoms with Gasteiger partial charge in [0.25, 0.3) is 5.91 Å². The first-order valence-corrected chi connectivity index (χ1v) is 6.93. The fourth-order valence-electron chi connectivity index (χ4n) is 1.51.